The van der Waals surface area contributed by atoms with E-state index < -0.39 is 15.6 Å². The molecule has 0 aromatic rings. The van der Waals surface area contributed by atoms with E-state index in [0.29, 0.717) is 11.8 Å². The molecule has 0 saturated heterocycles. The molecule has 0 radical (unpaired) electrons. The second kappa shape index (κ2) is 9.08. The van der Waals surface area contributed by atoms with Gasteiger partial charge in [-0.15, -0.1) is 0 Å². The van der Waals surface area contributed by atoms with Crippen molar-refractivity contribution in [3.63, 3.8) is 0 Å². The number of allylic oxidation sites excluding steroid dienone is 2. The summed E-state index contributed by atoms with van der Waals surface area (Å²) in [4.78, 5) is 26.6. The molecule has 29 heavy (non-hydrogen) atoms. The number of hydrogen-bond acceptors (Lipinski definition) is 4. The fraction of sp³-hybridized carbons (Fsp3) is 0.800. The highest BCUT2D eigenvalue weighted by Gasteiger charge is 2.56. The standard InChI is InChI=1S/C20H36O7P2/c1-15(2)20-11-6-7-18(20)19(5,17(4)9-13-20)12-8-16(3)10-14-26-29(24,25)27-28(21,22)23/h10,17-18H,1,6-9,11-14H2,2-5H3,(H,24,25)(H2,21,22,23)/b16-10+. The second-order valence-corrected chi connectivity index (χ2v) is 12.0. The third kappa shape index (κ3) is 5.92. The molecule has 0 heterocycles. The first-order valence-electron chi connectivity index (χ1n) is 10.3. The lowest BCUT2D eigenvalue weighted by molar-refractivity contribution is -0.0265. The van der Waals surface area contributed by atoms with Crippen LogP contribution in [0, 0.1) is 22.7 Å². The predicted octanol–water partition coefficient (Wildman–Crippen LogP) is 5.74. The van der Waals surface area contributed by atoms with Gasteiger partial charge in [0.2, 0.25) is 0 Å². The molecule has 2 aliphatic carbocycles. The van der Waals surface area contributed by atoms with Crippen molar-refractivity contribution in [2.45, 2.75) is 72.6 Å². The molecule has 0 spiro atoms. The summed E-state index contributed by atoms with van der Waals surface area (Å²) in [6.45, 7) is 13.0. The van der Waals surface area contributed by atoms with Gasteiger partial charge >= 0.3 is 15.6 Å². The minimum Gasteiger partial charge on any atom is -0.302 e. The number of rotatable bonds is 9. The zero-order valence-electron chi connectivity index (χ0n) is 18.0. The Balaban J connectivity index is 2.00. The highest BCUT2D eigenvalue weighted by atomic mass is 31.3. The molecule has 7 nitrogen and oxygen atoms in total. The van der Waals surface area contributed by atoms with Gasteiger partial charge in [-0.05, 0) is 75.0 Å². The molecule has 2 fully saturated rings. The maximum atomic E-state index is 11.5. The monoisotopic (exact) mass is 450 g/mol. The van der Waals surface area contributed by atoms with Gasteiger partial charge < -0.3 is 14.7 Å². The highest BCUT2D eigenvalue weighted by molar-refractivity contribution is 7.60. The lowest BCUT2D eigenvalue weighted by atomic mass is 9.50. The largest absolute Gasteiger partial charge is 0.481 e. The van der Waals surface area contributed by atoms with E-state index in [4.69, 9.17) is 9.79 Å². The Morgan fingerprint density at radius 3 is 2.45 bits per heavy atom. The van der Waals surface area contributed by atoms with Crippen molar-refractivity contribution in [2.75, 3.05) is 6.61 Å². The van der Waals surface area contributed by atoms with E-state index in [1.165, 1.54) is 37.7 Å². The van der Waals surface area contributed by atoms with Crippen molar-refractivity contribution in [1.29, 1.82) is 0 Å². The molecule has 5 atom stereocenters. The van der Waals surface area contributed by atoms with Gasteiger partial charge in [0, 0.05) is 0 Å². The third-order valence-corrected chi connectivity index (χ3v) is 9.67. The minimum atomic E-state index is -5.09. The molecule has 0 bridgehead atoms. The van der Waals surface area contributed by atoms with Crippen LogP contribution in [0.1, 0.15) is 72.6 Å². The van der Waals surface area contributed by atoms with Crippen LogP contribution >= 0.6 is 15.6 Å². The number of fused-ring (bicyclic) bond motifs is 1. The molecule has 3 N–H and O–H groups in total. The summed E-state index contributed by atoms with van der Waals surface area (Å²) in [5.74, 6) is 1.26. The van der Waals surface area contributed by atoms with E-state index in [1.807, 2.05) is 6.92 Å². The number of phosphoric acid groups is 2. The minimum absolute atomic E-state index is 0.208. The molecule has 2 rings (SSSR count). The Bertz CT molecular complexity index is 743. The highest BCUT2D eigenvalue weighted by Crippen LogP contribution is 2.65. The van der Waals surface area contributed by atoms with Crippen LogP contribution in [-0.2, 0) is 18.0 Å². The van der Waals surface area contributed by atoms with E-state index in [9.17, 15) is 14.0 Å². The summed E-state index contributed by atoms with van der Waals surface area (Å²) in [5.41, 5.74) is 2.81. The first-order chi connectivity index (χ1) is 13.2. The van der Waals surface area contributed by atoms with Crippen LogP contribution < -0.4 is 0 Å². The lowest BCUT2D eigenvalue weighted by Gasteiger charge is -2.55. The van der Waals surface area contributed by atoms with Gasteiger partial charge in [0.25, 0.3) is 0 Å². The molecular formula is C20H36O7P2. The zero-order valence-corrected chi connectivity index (χ0v) is 19.8. The zero-order chi connectivity index (χ0) is 22.1. The van der Waals surface area contributed by atoms with Gasteiger partial charge in [-0.2, -0.15) is 4.31 Å². The van der Waals surface area contributed by atoms with Gasteiger partial charge in [0.1, 0.15) is 0 Å². The van der Waals surface area contributed by atoms with E-state index in [0.717, 1.165) is 18.4 Å². The SMILES string of the molecule is C=C(C)C12CCCC1C(C)(CC/C(C)=C/COP(=O)(O)OP(=O)(O)O)C(C)CC2. The Hall–Kier alpha value is -0.260. The molecule has 5 unspecified atom stereocenters. The van der Waals surface area contributed by atoms with Gasteiger partial charge in [-0.1, -0.05) is 44.1 Å². The normalized spacial score (nSPS) is 35.2. The fourth-order valence-corrected chi connectivity index (χ4v) is 7.15. The van der Waals surface area contributed by atoms with Crippen LogP contribution in [0.25, 0.3) is 0 Å². The van der Waals surface area contributed by atoms with Gasteiger partial charge in [-0.25, -0.2) is 9.13 Å². The van der Waals surface area contributed by atoms with Crippen molar-refractivity contribution in [3.05, 3.63) is 23.8 Å². The van der Waals surface area contributed by atoms with Crippen molar-refractivity contribution in [3.8, 4) is 0 Å². The molecule has 0 aromatic heterocycles. The predicted molar refractivity (Wildman–Crippen MR) is 113 cm³/mol. The van der Waals surface area contributed by atoms with Gasteiger partial charge in [0.15, 0.2) is 0 Å². The van der Waals surface area contributed by atoms with Gasteiger partial charge in [-0.3, -0.25) is 4.52 Å². The van der Waals surface area contributed by atoms with Crippen LogP contribution in [0.3, 0.4) is 0 Å². The Morgan fingerprint density at radius 2 is 1.86 bits per heavy atom. The molecular weight excluding hydrogens is 414 g/mol. The summed E-state index contributed by atoms with van der Waals surface area (Å²) in [5, 5.41) is 0. The van der Waals surface area contributed by atoms with Crippen molar-refractivity contribution in [2.24, 2.45) is 22.7 Å². The van der Waals surface area contributed by atoms with Crippen molar-refractivity contribution < 1.29 is 32.6 Å². The molecule has 2 saturated carbocycles. The topological polar surface area (TPSA) is 113 Å². The molecule has 0 aliphatic heterocycles. The van der Waals surface area contributed by atoms with E-state index >= 15 is 0 Å². The summed E-state index contributed by atoms with van der Waals surface area (Å²) >= 11 is 0. The summed E-state index contributed by atoms with van der Waals surface area (Å²) in [6, 6.07) is 0. The third-order valence-electron chi connectivity index (χ3n) is 7.51. The first kappa shape index (κ1) is 25.0. The molecule has 9 heteroatoms. The lowest BCUT2D eigenvalue weighted by Crippen LogP contribution is -2.47. The average molecular weight is 450 g/mol. The van der Waals surface area contributed by atoms with Crippen molar-refractivity contribution in [1.82, 2.24) is 0 Å². The molecule has 2 aliphatic rings. The summed E-state index contributed by atoms with van der Waals surface area (Å²) in [7, 11) is -9.88. The number of hydrogen-bond donors (Lipinski definition) is 3. The van der Waals surface area contributed by atoms with Crippen LogP contribution in [0.15, 0.2) is 23.8 Å². The summed E-state index contributed by atoms with van der Waals surface area (Å²) in [6.07, 6.45) is 9.71. The maximum Gasteiger partial charge on any atom is 0.481 e. The van der Waals surface area contributed by atoms with Crippen LogP contribution in [-0.4, -0.2) is 21.3 Å². The van der Waals surface area contributed by atoms with Crippen LogP contribution in [0.2, 0.25) is 0 Å². The Kier molecular flexibility index (Phi) is 7.83. The first-order valence-corrected chi connectivity index (χ1v) is 13.3. The van der Waals surface area contributed by atoms with Crippen LogP contribution in [0.5, 0.6) is 0 Å². The van der Waals surface area contributed by atoms with E-state index in [-0.39, 0.29) is 17.4 Å². The maximum absolute atomic E-state index is 11.5. The second-order valence-electron chi connectivity index (χ2n) is 9.21. The smallest absolute Gasteiger partial charge is 0.302 e. The van der Waals surface area contributed by atoms with Crippen LogP contribution in [0.4, 0.5) is 0 Å². The van der Waals surface area contributed by atoms with E-state index in [2.05, 4.69) is 36.2 Å². The number of phosphoric ester groups is 1. The molecule has 0 amide bonds. The average Bonchev–Trinajstić information content (AvgIpc) is 3.01. The fourth-order valence-electron chi connectivity index (χ4n) is 5.62. The Morgan fingerprint density at radius 1 is 1.21 bits per heavy atom. The summed E-state index contributed by atoms with van der Waals surface area (Å²) < 4.78 is 30.6. The van der Waals surface area contributed by atoms with Gasteiger partial charge in [0.05, 0.1) is 6.61 Å². The quantitative estimate of drug-likeness (QED) is 0.303. The Labute approximate surface area is 174 Å². The molecule has 0 aromatic carbocycles. The van der Waals surface area contributed by atoms with Crippen molar-refractivity contribution >= 4 is 15.6 Å². The molecule has 168 valence electrons. The van der Waals surface area contributed by atoms with E-state index in [1.54, 1.807) is 6.08 Å².